The third-order valence-electron chi connectivity index (χ3n) is 24.9. The fourth-order valence-electron chi connectivity index (χ4n) is 19.3. The molecule has 4 aliphatic rings. The Balaban J connectivity index is 0.000000148. The minimum absolute atomic E-state index is 0.915. The highest BCUT2D eigenvalue weighted by molar-refractivity contribution is 8.05. The third-order valence-corrected chi connectivity index (χ3v) is 39.4. The summed E-state index contributed by atoms with van der Waals surface area (Å²) in [6.07, 6.45) is 0. The summed E-state index contributed by atoms with van der Waals surface area (Å²) in [5.74, 6) is 1.88. The molecule has 0 aliphatic carbocycles. The van der Waals surface area contributed by atoms with Gasteiger partial charge < -0.3 is 14.5 Å². The van der Waals surface area contributed by atoms with E-state index in [4.69, 9.17) is 4.74 Å². The van der Waals surface area contributed by atoms with Gasteiger partial charge in [-0.3, -0.25) is 0 Å². The molecule has 2 unspecified atom stereocenters. The first-order chi connectivity index (χ1) is 61.0. The van der Waals surface area contributed by atoms with E-state index in [9.17, 15) is 0 Å². The Morgan fingerprint density at radius 3 is 1.07 bits per heavy atom. The summed E-state index contributed by atoms with van der Waals surface area (Å²) in [6.45, 7) is 0. The molecule has 9 heteroatoms. The molecule has 123 heavy (non-hydrogen) atoms. The number of fused-ring (bicyclic) bond motifs is 15. The summed E-state index contributed by atoms with van der Waals surface area (Å²) in [7, 11) is -5.68. The van der Waals surface area contributed by atoms with Gasteiger partial charge in [0.15, 0.2) is 16.1 Å². The van der Waals surface area contributed by atoms with E-state index in [0.717, 1.165) is 55.4 Å². The van der Waals surface area contributed by atoms with Gasteiger partial charge in [0.25, 0.3) is 0 Å². The average Bonchev–Trinajstić information content (AvgIpc) is 1.53. The van der Waals surface area contributed by atoms with Gasteiger partial charge in [0.05, 0.1) is 9.79 Å². The second kappa shape index (κ2) is 31.4. The quantitative estimate of drug-likeness (QED) is 0.100. The zero-order valence-corrected chi connectivity index (χ0v) is 72.1. The molecule has 3 nitrogen and oxygen atoms in total. The third kappa shape index (κ3) is 12.9. The van der Waals surface area contributed by atoms with Crippen molar-refractivity contribution >= 4 is 159 Å². The van der Waals surface area contributed by atoms with Crippen molar-refractivity contribution in [3.05, 3.63) is 461 Å². The normalized spacial score (nSPS) is 14.7. The topological polar surface area (TPSA) is 15.7 Å². The van der Waals surface area contributed by atoms with E-state index in [1.165, 1.54) is 148 Å². The zero-order chi connectivity index (χ0) is 81.4. The van der Waals surface area contributed by atoms with E-state index >= 15 is 0 Å². The molecular weight excluding hydrogens is 1600 g/mol. The fraction of sp³-hybridized carbons (Fsp3) is 0. The number of hydrogen-bond donors (Lipinski definition) is 0. The van der Waals surface area contributed by atoms with Crippen molar-refractivity contribution < 1.29 is 4.74 Å². The number of hydrogen-bond acceptors (Lipinski definition) is 7. The molecule has 19 aromatic carbocycles. The molecule has 5 heterocycles. The highest BCUT2D eigenvalue weighted by Crippen LogP contribution is 2.55. The standard InChI is InChI=1S/C66H45NOSSi.C48H31NS3Si/c1-4-14-46(15-5-1)49-24-34-54(35-25-49)67(55-36-26-50(27-37-55)47-16-6-2-7-17-47)56-38-28-51(29-39-56)53-32-42-58(43-33-53)70(57-40-30-52(31-41-57)48-18-8-3-9-19-48)63-23-13-10-20-59(63)65-64(70)45-44-62-66(65)68-60-21-11-12-22-61(60)69-62;1-3-13-32(14-4-1)49(33-15-5-2-6-16-33)34-23-25-35(26-24-34)53(36-27-28-41-39(31-36)37-17-7-9-19-40(37)50-41)45-22-12-8-18-38(45)47-46(53)30-29-44-48(47)52-43-21-11-10-20-42(43)51-44/h1-45H;1-31H. The van der Waals surface area contributed by atoms with E-state index in [-0.39, 0.29) is 0 Å². The van der Waals surface area contributed by atoms with Gasteiger partial charge in [0, 0.05) is 79.4 Å². The number of nitrogens with zero attached hydrogens (tertiary/aromatic N) is 2. The second-order valence-corrected chi connectivity index (χ2v) is 43.4. The van der Waals surface area contributed by atoms with Crippen LogP contribution in [0.1, 0.15) is 0 Å². The molecular formula is C114H76N2OS4Si2. The van der Waals surface area contributed by atoms with Crippen molar-refractivity contribution in [1.29, 1.82) is 0 Å². The maximum atomic E-state index is 6.92. The van der Waals surface area contributed by atoms with E-state index in [2.05, 4.69) is 471 Å². The maximum Gasteiger partial charge on any atom is 0.181 e. The second-order valence-electron chi connectivity index (χ2n) is 31.6. The first-order valence-corrected chi connectivity index (χ1v) is 49.1. The predicted octanol–water partition coefficient (Wildman–Crippen LogP) is 26.9. The minimum Gasteiger partial charge on any atom is -0.454 e. The number of benzene rings is 19. The molecule has 580 valence electrons. The molecule has 4 aliphatic heterocycles. The van der Waals surface area contributed by atoms with E-state index < -0.39 is 16.1 Å². The highest BCUT2D eigenvalue weighted by atomic mass is 32.2. The monoisotopic (exact) mass is 1670 g/mol. The Bertz CT molecular complexity index is 7270. The van der Waals surface area contributed by atoms with Gasteiger partial charge in [-0.25, -0.2) is 0 Å². The van der Waals surface area contributed by atoms with Crippen LogP contribution in [0, 0.1) is 0 Å². The van der Waals surface area contributed by atoms with E-state index in [1.807, 2.05) is 34.9 Å². The van der Waals surface area contributed by atoms with E-state index in [0.29, 0.717) is 0 Å². The summed E-state index contributed by atoms with van der Waals surface area (Å²) in [5, 5.41) is 14.0. The first kappa shape index (κ1) is 74.3. The van der Waals surface area contributed by atoms with Crippen LogP contribution in [0.3, 0.4) is 0 Å². The van der Waals surface area contributed by atoms with Crippen LogP contribution in [-0.4, -0.2) is 16.1 Å². The van der Waals surface area contributed by atoms with Gasteiger partial charge in [-0.05, 0) is 224 Å². The number of thiophene rings is 1. The average molecular weight is 1670 g/mol. The molecule has 0 bridgehead atoms. The fourth-order valence-corrected chi connectivity index (χ4v) is 34.1. The summed E-state index contributed by atoms with van der Waals surface area (Å²) in [6, 6.07) is 170. The van der Waals surface area contributed by atoms with Crippen molar-refractivity contribution in [2.45, 2.75) is 29.4 Å². The molecule has 2 atom stereocenters. The maximum absolute atomic E-state index is 6.92. The van der Waals surface area contributed by atoms with Crippen LogP contribution in [0.25, 0.3) is 86.9 Å². The van der Waals surface area contributed by atoms with Crippen molar-refractivity contribution in [3.63, 3.8) is 0 Å². The summed E-state index contributed by atoms with van der Waals surface area (Å²) in [5.41, 5.74) is 21.6. The van der Waals surface area contributed by atoms with Crippen molar-refractivity contribution in [2.75, 3.05) is 9.80 Å². The molecule has 0 N–H and O–H groups in total. The number of ether oxygens (including phenoxy) is 1. The van der Waals surface area contributed by atoms with Crippen molar-refractivity contribution in [1.82, 2.24) is 0 Å². The molecule has 0 spiro atoms. The van der Waals surface area contributed by atoms with Crippen LogP contribution in [0.5, 0.6) is 11.5 Å². The molecule has 0 saturated heterocycles. The van der Waals surface area contributed by atoms with Crippen LogP contribution in [-0.2, 0) is 0 Å². The minimum atomic E-state index is -2.87. The van der Waals surface area contributed by atoms with Crippen molar-refractivity contribution in [2.24, 2.45) is 0 Å². The Labute approximate surface area is 735 Å². The van der Waals surface area contributed by atoms with Crippen LogP contribution >= 0.6 is 46.6 Å². The Morgan fingerprint density at radius 2 is 0.553 bits per heavy atom. The smallest absolute Gasteiger partial charge is 0.181 e. The zero-order valence-electron chi connectivity index (χ0n) is 66.8. The van der Waals surface area contributed by atoms with Crippen molar-refractivity contribution in [3.8, 4) is 78.3 Å². The molecule has 0 amide bonds. The van der Waals surface area contributed by atoms with Gasteiger partial charge in [-0.15, -0.1) is 11.3 Å². The summed E-state index contributed by atoms with van der Waals surface area (Å²) in [4.78, 5) is 12.4. The lowest BCUT2D eigenvalue weighted by Gasteiger charge is -2.33. The summed E-state index contributed by atoms with van der Waals surface area (Å²) >= 11 is 7.55. The van der Waals surface area contributed by atoms with Gasteiger partial charge >= 0.3 is 0 Å². The predicted molar refractivity (Wildman–Crippen MR) is 527 cm³/mol. The lowest BCUT2D eigenvalue weighted by Crippen LogP contribution is -2.72. The Morgan fingerprint density at radius 1 is 0.211 bits per heavy atom. The van der Waals surface area contributed by atoms with Gasteiger partial charge in [-0.2, -0.15) is 0 Å². The van der Waals surface area contributed by atoms with Gasteiger partial charge in [0.2, 0.25) is 0 Å². The Hall–Kier alpha value is -13.7. The SMILES string of the molecule is c1ccc(-c2ccc(N(c3ccc(-c4ccccc4)cc3)c3ccc(-c4ccc([Si]5(c6ccc(-c7ccccc7)cc6)c6ccccc6-c6c5ccc5c6Oc6ccccc6S5)cc4)cc3)cc2)cc1.c1ccc(N(c2ccccc2)c2ccc([Si]3(c4ccc5sc6ccccc6c5c4)c4ccccc4-c4c3ccc3c4Sc4ccccc4S3)cc2)cc1. The number of para-hydroxylation sites is 3. The molecule has 1 aromatic heterocycles. The summed E-state index contributed by atoms with van der Waals surface area (Å²) < 4.78 is 9.61. The lowest BCUT2D eigenvalue weighted by atomic mass is 10.0. The van der Waals surface area contributed by atoms with Crippen LogP contribution in [0.2, 0.25) is 0 Å². The molecule has 20 aromatic rings. The van der Waals surface area contributed by atoms with Gasteiger partial charge in [0.1, 0.15) is 11.5 Å². The van der Waals surface area contributed by atoms with Crippen LogP contribution in [0.4, 0.5) is 34.1 Å². The Kier molecular flexibility index (Phi) is 19.0. The first-order valence-electron chi connectivity index (χ1n) is 41.8. The lowest BCUT2D eigenvalue weighted by molar-refractivity contribution is 0.457. The van der Waals surface area contributed by atoms with Crippen LogP contribution < -0.4 is 56.0 Å². The molecule has 24 rings (SSSR count). The van der Waals surface area contributed by atoms with Gasteiger partial charge in [-0.1, -0.05) is 375 Å². The molecule has 0 saturated carbocycles. The number of rotatable bonds is 14. The molecule has 0 radical (unpaired) electrons. The van der Waals surface area contributed by atoms with E-state index in [1.54, 1.807) is 11.8 Å². The highest BCUT2D eigenvalue weighted by Gasteiger charge is 2.52. The number of anilines is 6. The van der Waals surface area contributed by atoms with Crippen LogP contribution in [0.15, 0.2) is 490 Å². The largest absolute Gasteiger partial charge is 0.454 e. The molecule has 0 fully saturated rings.